The Labute approximate surface area is 205 Å². The van der Waals surface area contributed by atoms with Crippen molar-refractivity contribution in [3.05, 3.63) is 95.1 Å². The van der Waals surface area contributed by atoms with Gasteiger partial charge in [0.1, 0.15) is 17.3 Å². The number of ether oxygens (including phenoxy) is 2. The summed E-state index contributed by atoms with van der Waals surface area (Å²) in [5.41, 5.74) is 2.65. The highest BCUT2D eigenvalue weighted by molar-refractivity contribution is 6.51. The van der Waals surface area contributed by atoms with Gasteiger partial charge in [-0.2, -0.15) is 0 Å². The van der Waals surface area contributed by atoms with E-state index in [1.54, 1.807) is 55.6 Å². The number of carbonyl (C=O) groups excluding carboxylic acids is 2. The zero-order valence-corrected chi connectivity index (χ0v) is 20.3. The van der Waals surface area contributed by atoms with Crippen LogP contribution in [0.3, 0.4) is 0 Å². The van der Waals surface area contributed by atoms with Crippen LogP contribution in [-0.2, 0) is 9.59 Å². The summed E-state index contributed by atoms with van der Waals surface area (Å²) < 4.78 is 11.0. The molecule has 6 heteroatoms. The van der Waals surface area contributed by atoms with Crippen LogP contribution in [0.15, 0.2) is 78.4 Å². The number of rotatable bonds is 7. The van der Waals surface area contributed by atoms with Gasteiger partial charge in [0, 0.05) is 11.3 Å². The Hall–Kier alpha value is -4.06. The normalized spacial score (nSPS) is 17.2. The summed E-state index contributed by atoms with van der Waals surface area (Å²) in [6.45, 7) is 6.54. The van der Waals surface area contributed by atoms with Gasteiger partial charge >= 0.3 is 0 Å². The number of hydrogen-bond donors (Lipinski definition) is 1. The number of nitrogens with zero attached hydrogens (tertiary/aromatic N) is 1. The number of aliphatic hydroxyl groups excluding tert-OH is 1. The fraction of sp³-hybridized carbons (Fsp3) is 0.241. The number of aliphatic hydroxyl groups is 1. The van der Waals surface area contributed by atoms with Gasteiger partial charge in [-0.3, -0.25) is 14.5 Å². The number of aryl methyl sites for hydroxylation is 1. The first-order valence-corrected chi connectivity index (χ1v) is 11.6. The summed E-state index contributed by atoms with van der Waals surface area (Å²) in [5, 5.41) is 11.4. The second-order valence-corrected chi connectivity index (χ2v) is 8.96. The Morgan fingerprint density at radius 2 is 1.69 bits per heavy atom. The molecule has 1 fully saturated rings. The first kappa shape index (κ1) is 24.1. The average molecular weight is 472 g/mol. The summed E-state index contributed by atoms with van der Waals surface area (Å²) in [5.74, 6) is -0.112. The van der Waals surface area contributed by atoms with Crippen molar-refractivity contribution in [1.29, 1.82) is 0 Å². The lowest BCUT2D eigenvalue weighted by molar-refractivity contribution is -0.132. The molecule has 1 aliphatic heterocycles. The Kier molecular flexibility index (Phi) is 6.92. The maximum atomic E-state index is 13.4. The molecule has 1 N–H and O–H groups in total. The third-order valence-corrected chi connectivity index (χ3v) is 5.97. The molecule has 1 saturated heterocycles. The van der Waals surface area contributed by atoms with E-state index in [1.807, 2.05) is 45.0 Å². The molecule has 0 aromatic heterocycles. The van der Waals surface area contributed by atoms with Crippen LogP contribution in [0.4, 0.5) is 5.69 Å². The summed E-state index contributed by atoms with van der Waals surface area (Å²) in [7, 11) is 1.56. The minimum absolute atomic E-state index is 0.0427. The molecule has 0 spiro atoms. The van der Waals surface area contributed by atoms with E-state index in [0.29, 0.717) is 35.3 Å². The van der Waals surface area contributed by atoms with E-state index >= 15 is 0 Å². The van der Waals surface area contributed by atoms with Crippen LogP contribution in [0.1, 0.15) is 36.6 Å². The average Bonchev–Trinajstić information content (AvgIpc) is 3.13. The van der Waals surface area contributed by atoms with Gasteiger partial charge in [0.2, 0.25) is 0 Å². The monoisotopic (exact) mass is 471 g/mol. The van der Waals surface area contributed by atoms with Gasteiger partial charge in [-0.1, -0.05) is 50.2 Å². The lowest BCUT2D eigenvalue weighted by Gasteiger charge is -2.26. The number of benzene rings is 3. The Balaban J connectivity index is 1.87. The molecule has 3 aromatic rings. The van der Waals surface area contributed by atoms with Gasteiger partial charge in [-0.25, -0.2) is 0 Å². The molecular weight excluding hydrogens is 442 g/mol. The topological polar surface area (TPSA) is 76.1 Å². The van der Waals surface area contributed by atoms with Gasteiger partial charge in [-0.05, 0) is 60.4 Å². The molecule has 1 unspecified atom stereocenters. The van der Waals surface area contributed by atoms with Crippen molar-refractivity contribution in [1.82, 2.24) is 0 Å². The van der Waals surface area contributed by atoms with Crippen molar-refractivity contribution in [2.45, 2.75) is 26.8 Å². The lowest BCUT2D eigenvalue weighted by Crippen LogP contribution is -2.29. The predicted molar refractivity (Wildman–Crippen MR) is 136 cm³/mol. The first-order chi connectivity index (χ1) is 16.8. The molecule has 180 valence electrons. The summed E-state index contributed by atoms with van der Waals surface area (Å²) in [6.07, 6.45) is 0. The Morgan fingerprint density at radius 3 is 2.34 bits per heavy atom. The molecule has 1 heterocycles. The Bertz CT molecular complexity index is 1280. The molecule has 6 nitrogen and oxygen atoms in total. The van der Waals surface area contributed by atoms with Crippen LogP contribution >= 0.6 is 0 Å². The zero-order chi connectivity index (χ0) is 25.1. The van der Waals surface area contributed by atoms with Crippen LogP contribution < -0.4 is 14.4 Å². The summed E-state index contributed by atoms with van der Waals surface area (Å²) >= 11 is 0. The van der Waals surface area contributed by atoms with Gasteiger partial charge in [0.05, 0.1) is 25.3 Å². The van der Waals surface area contributed by atoms with Gasteiger partial charge in [-0.15, -0.1) is 0 Å². The number of methoxy groups -OCH3 is 1. The van der Waals surface area contributed by atoms with Crippen molar-refractivity contribution >= 4 is 23.1 Å². The van der Waals surface area contributed by atoms with Crippen LogP contribution in [-0.4, -0.2) is 30.5 Å². The van der Waals surface area contributed by atoms with Crippen LogP contribution in [0.25, 0.3) is 5.76 Å². The molecule has 1 atom stereocenters. The zero-order valence-electron chi connectivity index (χ0n) is 20.3. The van der Waals surface area contributed by atoms with Gasteiger partial charge in [0.15, 0.2) is 0 Å². The number of hydrogen-bond acceptors (Lipinski definition) is 5. The van der Waals surface area contributed by atoms with E-state index in [-0.39, 0.29) is 11.3 Å². The van der Waals surface area contributed by atoms with E-state index in [0.717, 1.165) is 11.1 Å². The molecule has 0 aliphatic carbocycles. The maximum Gasteiger partial charge on any atom is 0.300 e. The molecule has 1 amide bonds. The smallest absolute Gasteiger partial charge is 0.300 e. The number of carbonyl (C=O) groups is 2. The van der Waals surface area contributed by atoms with Gasteiger partial charge in [0.25, 0.3) is 11.7 Å². The van der Waals surface area contributed by atoms with Crippen LogP contribution in [0.2, 0.25) is 0 Å². The first-order valence-electron chi connectivity index (χ1n) is 11.6. The second kappa shape index (κ2) is 10.1. The molecule has 0 saturated carbocycles. The van der Waals surface area contributed by atoms with E-state index in [2.05, 4.69) is 0 Å². The minimum atomic E-state index is -0.787. The van der Waals surface area contributed by atoms with E-state index < -0.39 is 17.7 Å². The molecule has 0 bridgehead atoms. The highest BCUT2D eigenvalue weighted by atomic mass is 16.5. The second-order valence-electron chi connectivity index (χ2n) is 8.96. The third-order valence-electron chi connectivity index (χ3n) is 5.97. The largest absolute Gasteiger partial charge is 0.507 e. The maximum absolute atomic E-state index is 13.4. The van der Waals surface area contributed by atoms with E-state index in [9.17, 15) is 14.7 Å². The number of ketones is 1. The number of anilines is 1. The number of amides is 1. The molecular formula is C29H29NO5. The van der Waals surface area contributed by atoms with Crippen molar-refractivity contribution < 1.29 is 24.2 Å². The van der Waals surface area contributed by atoms with Gasteiger partial charge < -0.3 is 14.6 Å². The third kappa shape index (κ3) is 4.78. The molecule has 4 rings (SSSR count). The van der Waals surface area contributed by atoms with Crippen LogP contribution in [0, 0.1) is 12.8 Å². The van der Waals surface area contributed by atoms with E-state index in [4.69, 9.17) is 9.47 Å². The minimum Gasteiger partial charge on any atom is -0.507 e. The predicted octanol–water partition coefficient (Wildman–Crippen LogP) is 5.66. The van der Waals surface area contributed by atoms with Crippen molar-refractivity contribution in [3.63, 3.8) is 0 Å². The quantitative estimate of drug-likeness (QED) is 0.273. The highest BCUT2D eigenvalue weighted by Crippen LogP contribution is 2.43. The number of Topliss-reactive ketones (excluding diaryl/α,β-unsaturated/α-hetero) is 1. The SMILES string of the molecule is COc1ccc(N2C(=O)C(=O)/C(=C(/O)c3cccc(OCC(C)C)c3)C2c2ccccc2C)cc1. The Morgan fingerprint density at radius 1 is 0.971 bits per heavy atom. The lowest BCUT2D eigenvalue weighted by atomic mass is 9.92. The van der Waals surface area contributed by atoms with Crippen molar-refractivity contribution in [2.24, 2.45) is 5.92 Å². The summed E-state index contributed by atoms with van der Waals surface area (Å²) in [6, 6.07) is 20.6. The highest BCUT2D eigenvalue weighted by Gasteiger charge is 2.47. The molecule has 0 radical (unpaired) electrons. The fourth-order valence-electron chi connectivity index (χ4n) is 4.18. The molecule has 3 aromatic carbocycles. The summed E-state index contributed by atoms with van der Waals surface area (Å²) in [4.78, 5) is 28.1. The van der Waals surface area contributed by atoms with Crippen molar-refractivity contribution in [2.75, 3.05) is 18.6 Å². The van der Waals surface area contributed by atoms with Crippen molar-refractivity contribution in [3.8, 4) is 11.5 Å². The molecule has 1 aliphatic rings. The van der Waals surface area contributed by atoms with E-state index in [1.165, 1.54) is 4.90 Å². The molecule has 35 heavy (non-hydrogen) atoms. The standard InChI is InChI=1S/C29H29NO5/c1-18(2)17-35-23-10-7-9-20(16-23)27(31)25-26(24-11-6-5-8-19(24)3)30(29(33)28(25)32)21-12-14-22(34-4)15-13-21/h5-16,18,26,31H,17H2,1-4H3/b27-25+. The fourth-order valence-corrected chi connectivity index (χ4v) is 4.18. The van der Waals surface area contributed by atoms with Crippen LogP contribution in [0.5, 0.6) is 11.5 Å².